The fraction of sp³-hybridized carbons (Fsp3) is 0.480. The number of pyridine rings is 1. The van der Waals surface area contributed by atoms with E-state index < -0.39 is 0 Å². The maximum absolute atomic E-state index is 6.21. The zero-order chi connectivity index (χ0) is 20.7. The van der Waals surface area contributed by atoms with Crippen LogP contribution < -0.4 is 14.2 Å². The highest BCUT2D eigenvalue weighted by Crippen LogP contribution is 2.41. The number of hydrogen-bond donors (Lipinski definition) is 0. The maximum Gasteiger partial charge on any atom is 0.204 e. The molecular weight excluding hydrogens is 362 g/mol. The summed E-state index contributed by atoms with van der Waals surface area (Å²) < 4.78 is 18.4. The van der Waals surface area contributed by atoms with Crippen LogP contribution in [0.2, 0.25) is 0 Å². The standard InChI is InChI=1S/C25H35NO3/c1-4-7-18-27-23-13-12-22(11-10-21-14-16-26-17-15-21)24(28-19-8-5-2)25(23)29-20-9-6-3/h10-17H,4-9,18-20H2,1-3H3/b11-10+. The van der Waals surface area contributed by atoms with E-state index in [1.165, 1.54) is 0 Å². The van der Waals surface area contributed by atoms with E-state index in [9.17, 15) is 0 Å². The fourth-order valence-electron chi connectivity index (χ4n) is 2.71. The first-order valence-electron chi connectivity index (χ1n) is 10.9. The Kier molecular flexibility index (Phi) is 10.7. The molecule has 0 fully saturated rings. The van der Waals surface area contributed by atoms with E-state index in [0.717, 1.165) is 66.9 Å². The Morgan fingerprint density at radius 2 is 1.28 bits per heavy atom. The van der Waals surface area contributed by atoms with Crippen molar-refractivity contribution in [3.05, 3.63) is 47.8 Å². The first-order valence-corrected chi connectivity index (χ1v) is 10.9. The third-order valence-corrected chi connectivity index (χ3v) is 4.51. The van der Waals surface area contributed by atoms with Crippen LogP contribution in [0.5, 0.6) is 17.2 Å². The van der Waals surface area contributed by atoms with E-state index in [0.29, 0.717) is 19.8 Å². The summed E-state index contributed by atoms with van der Waals surface area (Å²) in [6.45, 7) is 8.48. The van der Waals surface area contributed by atoms with E-state index in [1.807, 2.05) is 24.3 Å². The second kappa shape index (κ2) is 13.6. The summed E-state index contributed by atoms with van der Waals surface area (Å²) in [5, 5.41) is 0. The Morgan fingerprint density at radius 1 is 0.690 bits per heavy atom. The Labute approximate surface area is 175 Å². The quantitative estimate of drug-likeness (QED) is 0.329. The Bertz CT molecular complexity index is 728. The minimum Gasteiger partial charge on any atom is -0.490 e. The number of hydrogen-bond acceptors (Lipinski definition) is 4. The van der Waals surface area contributed by atoms with Gasteiger partial charge in [-0.05, 0) is 49.1 Å². The Hall–Kier alpha value is -2.49. The van der Waals surface area contributed by atoms with Crippen molar-refractivity contribution in [1.29, 1.82) is 0 Å². The third-order valence-electron chi connectivity index (χ3n) is 4.51. The van der Waals surface area contributed by atoms with Crippen LogP contribution in [0.1, 0.15) is 70.4 Å². The number of nitrogens with zero attached hydrogens (tertiary/aromatic N) is 1. The molecule has 1 aromatic heterocycles. The van der Waals surface area contributed by atoms with Gasteiger partial charge in [0.2, 0.25) is 5.75 Å². The second-order valence-corrected chi connectivity index (χ2v) is 7.03. The molecule has 0 radical (unpaired) electrons. The lowest BCUT2D eigenvalue weighted by Crippen LogP contribution is -2.07. The molecule has 0 saturated carbocycles. The van der Waals surface area contributed by atoms with Gasteiger partial charge in [-0.3, -0.25) is 4.98 Å². The highest BCUT2D eigenvalue weighted by molar-refractivity contribution is 5.75. The van der Waals surface area contributed by atoms with Crippen LogP contribution in [-0.2, 0) is 0 Å². The molecule has 0 bridgehead atoms. The lowest BCUT2D eigenvalue weighted by atomic mass is 10.1. The van der Waals surface area contributed by atoms with Gasteiger partial charge in [0, 0.05) is 18.0 Å². The van der Waals surface area contributed by atoms with Crippen molar-refractivity contribution in [3.63, 3.8) is 0 Å². The molecule has 0 N–H and O–H groups in total. The summed E-state index contributed by atoms with van der Waals surface area (Å²) >= 11 is 0. The van der Waals surface area contributed by atoms with E-state index in [1.54, 1.807) is 12.4 Å². The molecule has 0 spiro atoms. The first kappa shape index (κ1) is 22.8. The van der Waals surface area contributed by atoms with E-state index in [4.69, 9.17) is 14.2 Å². The first-order chi connectivity index (χ1) is 14.3. The van der Waals surface area contributed by atoms with Crippen molar-refractivity contribution in [3.8, 4) is 17.2 Å². The van der Waals surface area contributed by atoms with Crippen LogP contribution in [0.3, 0.4) is 0 Å². The third kappa shape index (κ3) is 7.80. The van der Waals surface area contributed by atoms with Crippen LogP contribution in [-0.4, -0.2) is 24.8 Å². The van der Waals surface area contributed by atoms with Crippen LogP contribution in [0.15, 0.2) is 36.7 Å². The molecule has 0 unspecified atom stereocenters. The van der Waals surface area contributed by atoms with Crippen molar-refractivity contribution < 1.29 is 14.2 Å². The zero-order valence-electron chi connectivity index (χ0n) is 18.2. The number of unbranched alkanes of at least 4 members (excludes halogenated alkanes) is 3. The van der Waals surface area contributed by atoms with Crippen molar-refractivity contribution in [1.82, 2.24) is 4.98 Å². The Balaban J connectivity index is 2.35. The van der Waals surface area contributed by atoms with Crippen LogP contribution in [0.4, 0.5) is 0 Å². The highest BCUT2D eigenvalue weighted by atomic mass is 16.5. The van der Waals surface area contributed by atoms with Crippen LogP contribution in [0.25, 0.3) is 12.2 Å². The molecule has 1 heterocycles. The van der Waals surface area contributed by atoms with Crippen molar-refractivity contribution >= 4 is 12.2 Å². The van der Waals surface area contributed by atoms with Crippen molar-refractivity contribution in [2.45, 2.75) is 59.3 Å². The minimum absolute atomic E-state index is 0.655. The van der Waals surface area contributed by atoms with Gasteiger partial charge in [-0.15, -0.1) is 0 Å². The molecule has 0 aliphatic carbocycles. The molecule has 4 heteroatoms. The summed E-state index contributed by atoms with van der Waals surface area (Å²) in [5.41, 5.74) is 2.09. The number of aromatic nitrogens is 1. The SMILES string of the molecule is CCCCOc1ccc(/C=C/c2ccncc2)c(OCCCC)c1OCCCC. The molecule has 0 aliphatic rings. The van der Waals surface area contributed by atoms with Gasteiger partial charge in [-0.25, -0.2) is 0 Å². The van der Waals surface area contributed by atoms with Gasteiger partial charge < -0.3 is 14.2 Å². The maximum atomic E-state index is 6.21. The monoisotopic (exact) mass is 397 g/mol. The van der Waals surface area contributed by atoms with Gasteiger partial charge in [0.1, 0.15) is 0 Å². The smallest absolute Gasteiger partial charge is 0.204 e. The normalized spacial score (nSPS) is 11.0. The fourth-order valence-corrected chi connectivity index (χ4v) is 2.71. The van der Waals surface area contributed by atoms with Gasteiger partial charge in [0.25, 0.3) is 0 Å². The minimum atomic E-state index is 0.655. The molecule has 4 nitrogen and oxygen atoms in total. The van der Waals surface area contributed by atoms with E-state index >= 15 is 0 Å². The van der Waals surface area contributed by atoms with Crippen LogP contribution >= 0.6 is 0 Å². The van der Waals surface area contributed by atoms with Gasteiger partial charge >= 0.3 is 0 Å². The molecule has 2 rings (SSSR count). The van der Waals surface area contributed by atoms with Crippen molar-refractivity contribution in [2.75, 3.05) is 19.8 Å². The zero-order valence-corrected chi connectivity index (χ0v) is 18.2. The molecule has 2 aromatic rings. The predicted molar refractivity (Wildman–Crippen MR) is 121 cm³/mol. The van der Waals surface area contributed by atoms with Crippen molar-refractivity contribution in [2.24, 2.45) is 0 Å². The lowest BCUT2D eigenvalue weighted by Gasteiger charge is -2.19. The molecule has 1 aromatic carbocycles. The molecule has 29 heavy (non-hydrogen) atoms. The summed E-state index contributed by atoms with van der Waals surface area (Å²) in [6, 6.07) is 8.01. The molecule has 0 aliphatic heterocycles. The summed E-state index contributed by atoms with van der Waals surface area (Å²) in [4.78, 5) is 4.08. The summed E-state index contributed by atoms with van der Waals surface area (Å²) in [6.07, 6.45) is 14.0. The lowest BCUT2D eigenvalue weighted by molar-refractivity contribution is 0.237. The number of benzene rings is 1. The molecule has 0 atom stereocenters. The van der Waals surface area contributed by atoms with Gasteiger partial charge in [-0.2, -0.15) is 0 Å². The molecular formula is C25H35NO3. The van der Waals surface area contributed by atoms with E-state index in [-0.39, 0.29) is 0 Å². The number of rotatable bonds is 14. The van der Waals surface area contributed by atoms with Gasteiger partial charge in [-0.1, -0.05) is 52.2 Å². The van der Waals surface area contributed by atoms with Crippen LogP contribution in [0, 0.1) is 0 Å². The Morgan fingerprint density at radius 3 is 1.90 bits per heavy atom. The average molecular weight is 398 g/mol. The number of ether oxygens (including phenoxy) is 3. The average Bonchev–Trinajstić information content (AvgIpc) is 2.75. The largest absolute Gasteiger partial charge is 0.490 e. The summed E-state index contributed by atoms with van der Waals surface area (Å²) in [7, 11) is 0. The highest BCUT2D eigenvalue weighted by Gasteiger charge is 2.17. The second-order valence-electron chi connectivity index (χ2n) is 7.03. The van der Waals surface area contributed by atoms with Gasteiger partial charge in [0.05, 0.1) is 19.8 Å². The molecule has 158 valence electrons. The van der Waals surface area contributed by atoms with E-state index in [2.05, 4.69) is 37.9 Å². The predicted octanol–water partition coefficient (Wildman–Crippen LogP) is 6.79. The topological polar surface area (TPSA) is 40.6 Å². The summed E-state index contributed by atoms with van der Waals surface area (Å²) in [5.74, 6) is 2.26. The molecule has 0 saturated heterocycles. The van der Waals surface area contributed by atoms with Gasteiger partial charge in [0.15, 0.2) is 11.5 Å². The molecule has 0 amide bonds.